The topological polar surface area (TPSA) is 73.6 Å². The van der Waals surface area contributed by atoms with Gasteiger partial charge in [-0.15, -0.1) is 5.10 Å². The maximum absolute atomic E-state index is 11.3. The molecule has 1 aromatic carbocycles. The minimum absolute atomic E-state index is 0.0921. The van der Waals surface area contributed by atoms with Crippen molar-refractivity contribution in [3.8, 4) is 11.6 Å². The fraction of sp³-hybridized carbons (Fsp3) is 0.286. The summed E-state index contributed by atoms with van der Waals surface area (Å²) in [5, 5.41) is 13.3. The average Bonchev–Trinajstić information content (AvgIpc) is 2.83. The van der Waals surface area contributed by atoms with Crippen LogP contribution in [0.2, 0.25) is 0 Å². The van der Waals surface area contributed by atoms with E-state index in [4.69, 9.17) is 9.47 Å². The zero-order valence-electron chi connectivity index (χ0n) is 11.4. The molecule has 0 saturated carbocycles. The van der Waals surface area contributed by atoms with Crippen molar-refractivity contribution in [3.63, 3.8) is 0 Å². The van der Waals surface area contributed by atoms with Gasteiger partial charge in [-0.25, -0.2) is 4.79 Å². The number of aryl methyl sites for hydroxylation is 1. The van der Waals surface area contributed by atoms with Crippen molar-refractivity contribution in [3.05, 3.63) is 41.6 Å². The van der Waals surface area contributed by atoms with Gasteiger partial charge in [0.05, 0.1) is 12.2 Å². The number of aromatic carboxylic acids is 1. The van der Waals surface area contributed by atoms with Crippen molar-refractivity contribution in [1.82, 2.24) is 9.78 Å². The zero-order valence-corrected chi connectivity index (χ0v) is 11.4. The van der Waals surface area contributed by atoms with Gasteiger partial charge in [0, 0.05) is 24.9 Å². The van der Waals surface area contributed by atoms with Crippen LogP contribution in [0.4, 0.5) is 0 Å². The van der Waals surface area contributed by atoms with Gasteiger partial charge in [0.15, 0.2) is 0 Å². The van der Waals surface area contributed by atoms with E-state index in [1.807, 2.05) is 6.92 Å². The van der Waals surface area contributed by atoms with E-state index in [-0.39, 0.29) is 12.2 Å². The highest BCUT2D eigenvalue weighted by molar-refractivity contribution is 5.90. The number of aromatic nitrogens is 2. The fourth-order valence-electron chi connectivity index (χ4n) is 1.82. The SMILES string of the molecule is CCOc1cccc(C(=O)O)c1COc1ccn(C)n1. The smallest absolute Gasteiger partial charge is 0.336 e. The molecule has 106 valence electrons. The second-order valence-electron chi connectivity index (χ2n) is 4.14. The quantitative estimate of drug-likeness (QED) is 0.874. The number of carboxylic acids is 1. The van der Waals surface area contributed by atoms with Gasteiger partial charge in [0.25, 0.3) is 0 Å². The van der Waals surface area contributed by atoms with Gasteiger partial charge >= 0.3 is 5.97 Å². The molecular weight excluding hydrogens is 260 g/mol. The van der Waals surface area contributed by atoms with Gasteiger partial charge in [-0.1, -0.05) is 6.07 Å². The lowest BCUT2D eigenvalue weighted by atomic mass is 10.1. The van der Waals surface area contributed by atoms with Crippen LogP contribution in [0.25, 0.3) is 0 Å². The van der Waals surface area contributed by atoms with Crippen molar-refractivity contribution >= 4 is 5.97 Å². The van der Waals surface area contributed by atoms with Crippen molar-refractivity contribution in [2.45, 2.75) is 13.5 Å². The first-order valence-corrected chi connectivity index (χ1v) is 6.22. The fourth-order valence-corrected chi connectivity index (χ4v) is 1.82. The molecule has 0 aliphatic heterocycles. The third-order valence-electron chi connectivity index (χ3n) is 2.72. The normalized spacial score (nSPS) is 10.3. The van der Waals surface area contributed by atoms with Crippen molar-refractivity contribution < 1.29 is 19.4 Å². The van der Waals surface area contributed by atoms with Gasteiger partial charge < -0.3 is 14.6 Å². The summed E-state index contributed by atoms with van der Waals surface area (Å²) in [4.78, 5) is 11.3. The molecule has 0 aliphatic rings. The van der Waals surface area contributed by atoms with Crippen LogP contribution in [-0.2, 0) is 13.7 Å². The van der Waals surface area contributed by atoms with Crippen LogP contribution in [0.3, 0.4) is 0 Å². The molecule has 0 atom stereocenters. The summed E-state index contributed by atoms with van der Waals surface area (Å²) in [6.07, 6.45) is 1.75. The van der Waals surface area contributed by atoms with Crippen LogP contribution in [0.5, 0.6) is 11.6 Å². The molecule has 6 nitrogen and oxygen atoms in total. The lowest BCUT2D eigenvalue weighted by Gasteiger charge is -2.12. The van der Waals surface area contributed by atoms with Gasteiger partial charge in [-0.05, 0) is 19.1 Å². The Labute approximate surface area is 116 Å². The number of nitrogens with zero attached hydrogens (tertiary/aromatic N) is 2. The van der Waals surface area contributed by atoms with E-state index < -0.39 is 5.97 Å². The minimum atomic E-state index is -1.01. The molecule has 1 aromatic heterocycles. The summed E-state index contributed by atoms with van der Waals surface area (Å²) in [6.45, 7) is 2.39. The van der Waals surface area contributed by atoms with Gasteiger partial charge in [-0.3, -0.25) is 4.68 Å². The molecule has 0 bridgehead atoms. The highest BCUT2D eigenvalue weighted by Crippen LogP contribution is 2.24. The van der Waals surface area contributed by atoms with Crippen LogP contribution in [-0.4, -0.2) is 27.5 Å². The number of ether oxygens (including phenoxy) is 2. The Morgan fingerprint density at radius 1 is 1.35 bits per heavy atom. The molecule has 0 aliphatic carbocycles. The summed E-state index contributed by atoms with van der Waals surface area (Å²) < 4.78 is 12.6. The average molecular weight is 276 g/mol. The molecule has 1 N–H and O–H groups in total. The van der Waals surface area contributed by atoms with Crippen LogP contribution in [0, 0.1) is 0 Å². The first-order valence-electron chi connectivity index (χ1n) is 6.22. The maximum atomic E-state index is 11.3. The van der Waals surface area contributed by atoms with Crippen LogP contribution in [0.1, 0.15) is 22.8 Å². The molecule has 0 saturated heterocycles. The second kappa shape index (κ2) is 6.10. The lowest BCUT2D eigenvalue weighted by molar-refractivity contribution is 0.0693. The van der Waals surface area contributed by atoms with Gasteiger partial charge in [0.1, 0.15) is 12.4 Å². The molecule has 6 heteroatoms. The molecule has 0 fully saturated rings. The molecule has 0 spiro atoms. The van der Waals surface area contributed by atoms with E-state index in [1.165, 1.54) is 6.07 Å². The van der Waals surface area contributed by atoms with E-state index >= 15 is 0 Å². The van der Waals surface area contributed by atoms with Gasteiger partial charge in [0.2, 0.25) is 5.88 Å². The van der Waals surface area contributed by atoms with Crippen molar-refractivity contribution in [1.29, 1.82) is 0 Å². The Hall–Kier alpha value is -2.50. The Bertz CT molecular complexity index is 607. The molecule has 0 radical (unpaired) electrons. The third-order valence-corrected chi connectivity index (χ3v) is 2.72. The van der Waals surface area contributed by atoms with Gasteiger partial charge in [-0.2, -0.15) is 0 Å². The summed E-state index contributed by atoms with van der Waals surface area (Å²) in [5.41, 5.74) is 0.680. The highest BCUT2D eigenvalue weighted by atomic mass is 16.5. The standard InChI is InChI=1S/C14H16N2O4/c1-3-19-12-6-4-5-10(14(17)18)11(12)9-20-13-7-8-16(2)15-13/h4-8H,3,9H2,1-2H3,(H,17,18). The molecule has 1 heterocycles. The molecule has 0 amide bonds. The molecule has 2 aromatic rings. The number of carboxylic acid groups (broad SMARTS) is 1. The number of hydrogen-bond acceptors (Lipinski definition) is 4. The number of rotatable bonds is 6. The van der Waals surface area contributed by atoms with E-state index in [0.29, 0.717) is 23.8 Å². The zero-order chi connectivity index (χ0) is 14.5. The second-order valence-corrected chi connectivity index (χ2v) is 4.14. The Kier molecular flexibility index (Phi) is 4.24. The number of benzene rings is 1. The van der Waals surface area contributed by atoms with Crippen LogP contribution in [0.15, 0.2) is 30.5 Å². The van der Waals surface area contributed by atoms with Crippen molar-refractivity contribution in [2.24, 2.45) is 7.05 Å². The summed E-state index contributed by atoms with van der Waals surface area (Å²) >= 11 is 0. The van der Waals surface area contributed by atoms with Crippen LogP contribution >= 0.6 is 0 Å². The minimum Gasteiger partial charge on any atom is -0.493 e. The first-order chi connectivity index (χ1) is 9.61. The monoisotopic (exact) mass is 276 g/mol. The Balaban J connectivity index is 2.25. The lowest BCUT2D eigenvalue weighted by Crippen LogP contribution is -2.09. The van der Waals surface area contributed by atoms with E-state index in [0.717, 1.165) is 0 Å². The Morgan fingerprint density at radius 2 is 2.15 bits per heavy atom. The molecule has 20 heavy (non-hydrogen) atoms. The van der Waals surface area contributed by atoms with E-state index in [1.54, 1.807) is 36.1 Å². The predicted molar refractivity (Wildman–Crippen MR) is 72.1 cm³/mol. The number of carbonyl (C=O) groups is 1. The third kappa shape index (κ3) is 3.09. The van der Waals surface area contributed by atoms with Crippen LogP contribution < -0.4 is 9.47 Å². The van der Waals surface area contributed by atoms with E-state index in [2.05, 4.69) is 5.10 Å². The largest absolute Gasteiger partial charge is 0.493 e. The summed E-state index contributed by atoms with van der Waals surface area (Å²) in [5.74, 6) is -0.0513. The first kappa shape index (κ1) is 13.9. The molecule has 2 rings (SSSR count). The summed E-state index contributed by atoms with van der Waals surface area (Å²) in [7, 11) is 1.78. The van der Waals surface area contributed by atoms with Crippen molar-refractivity contribution in [2.75, 3.05) is 6.61 Å². The van der Waals surface area contributed by atoms with E-state index in [9.17, 15) is 9.90 Å². The Morgan fingerprint density at radius 3 is 2.75 bits per heavy atom. The molecular formula is C14H16N2O4. The maximum Gasteiger partial charge on any atom is 0.336 e. The predicted octanol–water partition coefficient (Wildman–Crippen LogP) is 2.10. The summed E-state index contributed by atoms with van der Waals surface area (Å²) in [6, 6.07) is 6.62. The molecule has 0 unspecified atom stereocenters. The highest BCUT2D eigenvalue weighted by Gasteiger charge is 2.16. The number of hydrogen-bond donors (Lipinski definition) is 1.